The normalized spacial score (nSPS) is 12.8. The number of rotatable bonds is 5. The molecular formula is C11H15ClFNO. The van der Waals surface area contributed by atoms with Crippen molar-refractivity contribution in [3.63, 3.8) is 0 Å². The molecule has 0 aliphatic heterocycles. The molecule has 4 heteroatoms. The van der Waals surface area contributed by atoms with E-state index in [2.05, 4.69) is 0 Å². The van der Waals surface area contributed by atoms with E-state index < -0.39 is 0 Å². The van der Waals surface area contributed by atoms with Crippen molar-refractivity contribution in [3.05, 3.63) is 34.6 Å². The molecule has 1 unspecified atom stereocenters. The molecule has 84 valence electrons. The average molecular weight is 232 g/mol. The Morgan fingerprint density at radius 2 is 2.27 bits per heavy atom. The summed E-state index contributed by atoms with van der Waals surface area (Å²) in [5, 5.41) is 0.433. The molecule has 0 amide bonds. The Morgan fingerprint density at radius 1 is 1.53 bits per heavy atom. The summed E-state index contributed by atoms with van der Waals surface area (Å²) in [5.41, 5.74) is 6.31. The molecule has 0 aliphatic carbocycles. The van der Waals surface area contributed by atoms with Gasteiger partial charge in [0.2, 0.25) is 0 Å². The summed E-state index contributed by atoms with van der Waals surface area (Å²) in [5.74, 6) is -0.296. The molecule has 0 saturated heterocycles. The number of benzene rings is 1. The summed E-state index contributed by atoms with van der Waals surface area (Å²) in [6, 6.07) is 4.52. The van der Waals surface area contributed by atoms with Gasteiger partial charge >= 0.3 is 0 Å². The Kier molecular flexibility index (Phi) is 5.02. The van der Waals surface area contributed by atoms with Gasteiger partial charge in [-0.05, 0) is 25.0 Å². The third kappa shape index (κ3) is 3.78. The second kappa shape index (κ2) is 6.05. The Bertz CT molecular complexity index is 299. The highest BCUT2D eigenvalue weighted by atomic mass is 35.5. The van der Waals surface area contributed by atoms with Gasteiger partial charge in [0.05, 0.1) is 0 Å². The average Bonchev–Trinajstić information content (AvgIpc) is 2.21. The zero-order valence-corrected chi connectivity index (χ0v) is 9.43. The third-order valence-corrected chi connectivity index (χ3v) is 2.57. The van der Waals surface area contributed by atoms with E-state index in [0.29, 0.717) is 30.0 Å². The number of halogens is 2. The van der Waals surface area contributed by atoms with E-state index in [9.17, 15) is 4.39 Å². The number of hydrogen-bond acceptors (Lipinski definition) is 2. The quantitative estimate of drug-likeness (QED) is 0.845. The smallest absolute Gasteiger partial charge is 0.127 e. The van der Waals surface area contributed by atoms with Gasteiger partial charge in [-0.15, -0.1) is 0 Å². The Morgan fingerprint density at radius 3 is 2.87 bits per heavy atom. The lowest BCUT2D eigenvalue weighted by Gasteiger charge is -2.12. The molecular weight excluding hydrogens is 217 g/mol. The monoisotopic (exact) mass is 231 g/mol. The fraction of sp³-hybridized carbons (Fsp3) is 0.455. The van der Waals surface area contributed by atoms with E-state index >= 15 is 0 Å². The van der Waals surface area contributed by atoms with E-state index in [1.807, 2.05) is 0 Å². The van der Waals surface area contributed by atoms with E-state index in [1.54, 1.807) is 19.2 Å². The molecule has 0 aliphatic rings. The first kappa shape index (κ1) is 12.4. The first-order valence-corrected chi connectivity index (χ1v) is 5.20. The van der Waals surface area contributed by atoms with Crippen LogP contribution < -0.4 is 5.73 Å². The number of hydrogen-bond donors (Lipinski definition) is 1. The van der Waals surface area contributed by atoms with Crippen molar-refractivity contribution in [2.75, 3.05) is 13.7 Å². The Hall–Kier alpha value is -0.640. The van der Waals surface area contributed by atoms with Gasteiger partial charge in [-0.2, -0.15) is 0 Å². The molecule has 1 rings (SSSR count). The third-order valence-electron chi connectivity index (χ3n) is 2.22. The van der Waals surface area contributed by atoms with Gasteiger partial charge in [0.1, 0.15) is 5.82 Å². The summed E-state index contributed by atoms with van der Waals surface area (Å²) in [4.78, 5) is 0. The Labute approximate surface area is 94.2 Å². The summed E-state index contributed by atoms with van der Waals surface area (Å²) in [7, 11) is 1.61. The maximum atomic E-state index is 13.4. The van der Waals surface area contributed by atoms with Crippen LogP contribution in [-0.4, -0.2) is 19.8 Å². The second-order valence-corrected chi connectivity index (χ2v) is 3.85. The molecule has 2 N–H and O–H groups in total. The topological polar surface area (TPSA) is 35.2 Å². The van der Waals surface area contributed by atoms with Crippen LogP contribution in [0.1, 0.15) is 12.0 Å². The van der Waals surface area contributed by atoms with Crippen molar-refractivity contribution in [1.29, 1.82) is 0 Å². The van der Waals surface area contributed by atoms with E-state index in [0.717, 1.165) is 0 Å². The van der Waals surface area contributed by atoms with Crippen molar-refractivity contribution in [3.8, 4) is 0 Å². The van der Waals surface area contributed by atoms with Gasteiger partial charge in [-0.1, -0.05) is 17.7 Å². The molecule has 1 aromatic rings. The lowest BCUT2D eigenvalue weighted by molar-refractivity contribution is 0.187. The molecule has 0 radical (unpaired) electrons. The molecule has 0 bridgehead atoms. The second-order valence-electron chi connectivity index (χ2n) is 3.45. The first-order valence-electron chi connectivity index (χ1n) is 4.82. The number of methoxy groups -OCH3 is 1. The molecule has 15 heavy (non-hydrogen) atoms. The van der Waals surface area contributed by atoms with Gasteiger partial charge in [0, 0.05) is 30.3 Å². The maximum Gasteiger partial charge on any atom is 0.127 e. The molecule has 0 saturated carbocycles. The lowest BCUT2D eigenvalue weighted by Crippen LogP contribution is -2.25. The standard InChI is InChI=1S/C11H15ClFNO/c1-15-6-5-8(14)7-9-10(12)3-2-4-11(9)13/h2-4,8H,5-7,14H2,1H3. The SMILES string of the molecule is COCCC(N)Cc1c(F)cccc1Cl. The molecule has 0 fully saturated rings. The van der Waals surface area contributed by atoms with Gasteiger partial charge in [0.25, 0.3) is 0 Å². The highest BCUT2D eigenvalue weighted by Crippen LogP contribution is 2.20. The molecule has 0 aromatic heterocycles. The highest BCUT2D eigenvalue weighted by Gasteiger charge is 2.11. The fourth-order valence-electron chi connectivity index (χ4n) is 1.36. The van der Waals surface area contributed by atoms with Crippen LogP contribution in [0.15, 0.2) is 18.2 Å². The summed E-state index contributed by atoms with van der Waals surface area (Å²) in [6.07, 6.45) is 1.13. The van der Waals surface area contributed by atoms with E-state index in [4.69, 9.17) is 22.1 Å². The highest BCUT2D eigenvalue weighted by molar-refractivity contribution is 6.31. The molecule has 1 atom stereocenters. The van der Waals surface area contributed by atoms with Crippen LogP contribution in [0.25, 0.3) is 0 Å². The number of nitrogens with two attached hydrogens (primary N) is 1. The summed E-state index contributed by atoms with van der Waals surface area (Å²) < 4.78 is 18.3. The summed E-state index contributed by atoms with van der Waals surface area (Å²) in [6.45, 7) is 0.577. The van der Waals surface area contributed by atoms with Crippen LogP contribution in [-0.2, 0) is 11.2 Å². The van der Waals surface area contributed by atoms with Gasteiger partial charge in [-0.25, -0.2) is 4.39 Å². The van der Waals surface area contributed by atoms with Gasteiger partial charge in [-0.3, -0.25) is 0 Å². The minimum atomic E-state index is -0.296. The van der Waals surface area contributed by atoms with Crippen molar-refractivity contribution in [2.24, 2.45) is 5.73 Å². The van der Waals surface area contributed by atoms with Crippen LogP contribution in [0, 0.1) is 5.82 Å². The van der Waals surface area contributed by atoms with E-state index in [1.165, 1.54) is 6.07 Å². The minimum absolute atomic E-state index is 0.126. The fourth-order valence-corrected chi connectivity index (χ4v) is 1.60. The van der Waals surface area contributed by atoms with Crippen molar-refractivity contribution in [2.45, 2.75) is 18.9 Å². The zero-order chi connectivity index (χ0) is 11.3. The van der Waals surface area contributed by atoms with Crippen LogP contribution in [0.4, 0.5) is 4.39 Å². The largest absolute Gasteiger partial charge is 0.385 e. The maximum absolute atomic E-state index is 13.4. The minimum Gasteiger partial charge on any atom is -0.385 e. The predicted molar refractivity (Wildman–Crippen MR) is 59.6 cm³/mol. The van der Waals surface area contributed by atoms with Crippen molar-refractivity contribution in [1.82, 2.24) is 0 Å². The van der Waals surface area contributed by atoms with Gasteiger partial charge < -0.3 is 10.5 Å². The van der Waals surface area contributed by atoms with Crippen LogP contribution >= 0.6 is 11.6 Å². The van der Waals surface area contributed by atoms with Crippen molar-refractivity contribution < 1.29 is 9.13 Å². The first-order chi connectivity index (χ1) is 7.15. The molecule has 2 nitrogen and oxygen atoms in total. The van der Waals surface area contributed by atoms with Gasteiger partial charge in [0.15, 0.2) is 0 Å². The zero-order valence-electron chi connectivity index (χ0n) is 8.67. The van der Waals surface area contributed by atoms with Crippen molar-refractivity contribution >= 4 is 11.6 Å². The van der Waals surface area contributed by atoms with Crippen LogP contribution in [0.5, 0.6) is 0 Å². The lowest BCUT2D eigenvalue weighted by atomic mass is 10.0. The number of ether oxygens (including phenoxy) is 1. The molecule has 0 heterocycles. The van der Waals surface area contributed by atoms with E-state index in [-0.39, 0.29) is 11.9 Å². The summed E-state index contributed by atoms with van der Waals surface area (Å²) >= 11 is 5.88. The molecule has 1 aromatic carbocycles. The van der Waals surface area contributed by atoms with Crippen LogP contribution in [0.2, 0.25) is 5.02 Å². The Balaban J connectivity index is 2.63. The predicted octanol–water partition coefficient (Wildman–Crippen LogP) is 2.39. The van der Waals surface area contributed by atoms with Crippen LogP contribution in [0.3, 0.4) is 0 Å². The molecule has 0 spiro atoms.